The fraction of sp³-hybridized carbons (Fsp3) is 0.588. The molecule has 0 spiro atoms. The van der Waals surface area contributed by atoms with Crippen LogP contribution in [0.4, 0.5) is 0 Å². The second kappa shape index (κ2) is 6.16. The molecule has 1 N–H and O–H groups in total. The zero-order valence-electron chi connectivity index (χ0n) is 13.2. The molecular formula is C17H25N3O. The highest BCUT2D eigenvalue weighted by Gasteiger charge is 2.32. The van der Waals surface area contributed by atoms with E-state index in [1.807, 2.05) is 0 Å². The molecule has 2 aromatic rings. The number of likely N-dealkylation sites (N-methyl/N-ethyl adjacent to an activating group) is 1. The molecule has 1 fully saturated rings. The zero-order chi connectivity index (χ0) is 14.8. The van der Waals surface area contributed by atoms with Crippen LogP contribution >= 0.6 is 0 Å². The molecular weight excluding hydrogens is 262 g/mol. The molecule has 4 heteroatoms. The first kappa shape index (κ1) is 14.5. The van der Waals surface area contributed by atoms with Crippen LogP contribution in [0.1, 0.15) is 26.1 Å². The number of nitrogens with one attached hydrogen (secondary N) is 1. The fourth-order valence-electron chi connectivity index (χ4n) is 3.57. The highest BCUT2D eigenvalue weighted by atomic mass is 16.5. The van der Waals surface area contributed by atoms with Crippen molar-refractivity contribution in [3.8, 4) is 0 Å². The largest absolute Gasteiger partial charge is 0.378 e. The van der Waals surface area contributed by atoms with E-state index in [1.165, 1.54) is 11.3 Å². The van der Waals surface area contributed by atoms with Gasteiger partial charge in [0.05, 0.1) is 17.1 Å². The number of ether oxygens (including phenoxy) is 1. The molecule has 2 heterocycles. The molecule has 1 aliphatic rings. The van der Waals surface area contributed by atoms with Crippen molar-refractivity contribution in [2.24, 2.45) is 5.92 Å². The monoisotopic (exact) mass is 287 g/mol. The smallest absolute Gasteiger partial charge is 0.111 e. The lowest BCUT2D eigenvalue weighted by Crippen LogP contribution is -2.39. The zero-order valence-corrected chi connectivity index (χ0v) is 13.2. The molecule has 114 valence electrons. The lowest BCUT2D eigenvalue weighted by atomic mass is 9.91. The number of aromatic nitrogens is 2. The molecule has 0 aliphatic carbocycles. The molecule has 3 atom stereocenters. The van der Waals surface area contributed by atoms with Crippen molar-refractivity contribution in [1.82, 2.24) is 14.9 Å². The van der Waals surface area contributed by atoms with Gasteiger partial charge in [-0.2, -0.15) is 0 Å². The quantitative estimate of drug-likeness (QED) is 0.919. The van der Waals surface area contributed by atoms with Crippen LogP contribution < -0.4 is 5.32 Å². The SMILES string of the molecule is CCn1c(CC(NC)C2CCOC2C)nc2ccccc21. The molecule has 4 nitrogen and oxygen atoms in total. The van der Waals surface area contributed by atoms with E-state index in [-0.39, 0.29) is 0 Å². The summed E-state index contributed by atoms with van der Waals surface area (Å²) < 4.78 is 8.07. The van der Waals surface area contributed by atoms with Gasteiger partial charge in [0.25, 0.3) is 0 Å². The first-order valence-electron chi connectivity index (χ1n) is 7.97. The van der Waals surface area contributed by atoms with Crippen LogP contribution in [0.5, 0.6) is 0 Å². The number of rotatable bonds is 5. The van der Waals surface area contributed by atoms with Gasteiger partial charge in [0.2, 0.25) is 0 Å². The predicted molar refractivity (Wildman–Crippen MR) is 85.5 cm³/mol. The Morgan fingerprint density at radius 3 is 2.90 bits per heavy atom. The average molecular weight is 287 g/mol. The van der Waals surface area contributed by atoms with Crippen molar-refractivity contribution in [1.29, 1.82) is 0 Å². The van der Waals surface area contributed by atoms with E-state index in [1.54, 1.807) is 0 Å². The second-order valence-corrected chi connectivity index (χ2v) is 5.89. The lowest BCUT2D eigenvalue weighted by Gasteiger charge is -2.25. The number of hydrogen-bond donors (Lipinski definition) is 1. The van der Waals surface area contributed by atoms with E-state index < -0.39 is 0 Å². The van der Waals surface area contributed by atoms with Crippen LogP contribution in [0.2, 0.25) is 0 Å². The van der Waals surface area contributed by atoms with Crippen molar-refractivity contribution < 1.29 is 4.74 Å². The highest BCUT2D eigenvalue weighted by molar-refractivity contribution is 5.75. The van der Waals surface area contributed by atoms with E-state index in [2.05, 4.69) is 55.0 Å². The summed E-state index contributed by atoms with van der Waals surface area (Å²) in [5.74, 6) is 1.75. The van der Waals surface area contributed by atoms with Gasteiger partial charge in [-0.15, -0.1) is 0 Å². The highest BCUT2D eigenvalue weighted by Crippen LogP contribution is 2.26. The Kier molecular flexibility index (Phi) is 4.27. The topological polar surface area (TPSA) is 39.1 Å². The third-order valence-corrected chi connectivity index (χ3v) is 4.77. The van der Waals surface area contributed by atoms with Gasteiger partial charge in [0, 0.05) is 31.5 Å². The molecule has 1 aromatic carbocycles. The summed E-state index contributed by atoms with van der Waals surface area (Å²) >= 11 is 0. The van der Waals surface area contributed by atoms with Gasteiger partial charge in [0.15, 0.2) is 0 Å². The molecule has 0 radical (unpaired) electrons. The maximum atomic E-state index is 5.73. The summed E-state index contributed by atoms with van der Waals surface area (Å²) in [7, 11) is 2.05. The van der Waals surface area contributed by atoms with Crippen molar-refractivity contribution in [3.05, 3.63) is 30.1 Å². The van der Waals surface area contributed by atoms with E-state index in [0.717, 1.165) is 31.5 Å². The summed E-state index contributed by atoms with van der Waals surface area (Å²) in [6.07, 6.45) is 2.43. The first-order valence-corrected chi connectivity index (χ1v) is 7.97. The number of para-hydroxylation sites is 2. The maximum Gasteiger partial charge on any atom is 0.111 e. The fourth-order valence-corrected chi connectivity index (χ4v) is 3.57. The molecule has 3 rings (SSSR count). The normalized spacial score (nSPS) is 23.8. The van der Waals surface area contributed by atoms with Gasteiger partial charge < -0.3 is 14.6 Å². The average Bonchev–Trinajstić information content (AvgIpc) is 3.07. The third-order valence-electron chi connectivity index (χ3n) is 4.77. The Morgan fingerprint density at radius 1 is 1.43 bits per heavy atom. The summed E-state index contributed by atoms with van der Waals surface area (Å²) in [4.78, 5) is 4.85. The number of hydrogen-bond acceptors (Lipinski definition) is 3. The number of nitrogens with zero attached hydrogens (tertiary/aromatic N) is 2. The van der Waals surface area contributed by atoms with Crippen molar-refractivity contribution >= 4 is 11.0 Å². The molecule has 0 saturated carbocycles. The first-order chi connectivity index (χ1) is 10.2. The Hall–Kier alpha value is -1.39. The van der Waals surface area contributed by atoms with E-state index in [4.69, 9.17) is 9.72 Å². The van der Waals surface area contributed by atoms with Crippen molar-refractivity contribution in [2.45, 2.75) is 45.4 Å². The molecule has 1 aromatic heterocycles. The standard InChI is InChI=1S/C17H25N3O/c1-4-20-16-8-6-5-7-14(16)19-17(20)11-15(18-3)13-9-10-21-12(13)2/h5-8,12-13,15,18H,4,9-11H2,1-3H3. The summed E-state index contributed by atoms with van der Waals surface area (Å²) in [5, 5.41) is 3.49. The summed E-state index contributed by atoms with van der Waals surface area (Å²) in [5.41, 5.74) is 2.33. The van der Waals surface area contributed by atoms with Gasteiger partial charge >= 0.3 is 0 Å². The van der Waals surface area contributed by atoms with Gasteiger partial charge in [-0.05, 0) is 39.4 Å². The summed E-state index contributed by atoms with van der Waals surface area (Å²) in [6.45, 7) is 6.22. The van der Waals surface area contributed by atoms with E-state index in [9.17, 15) is 0 Å². The molecule has 0 amide bonds. The van der Waals surface area contributed by atoms with Crippen LogP contribution in [-0.4, -0.2) is 35.4 Å². The number of aryl methyl sites for hydroxylation is 1. The number of benzene rings is 1. The summed E-state index contributed by atoms with van der Waals surface area (Å²) in [6, 6.07) is 8.82. The minimum Gasteiger partial charge on any atom is -0.378 e. The Bertz CT molecular complexity index is 607. The van der Waals surface area contributed by atoms with Crippen LogP contribution in [0.25, 0.3) is 11.0 Å². The Balaban J connectivity index is 1.89. The van der Waals surface area contributed by atoms with Gasteiger partial charge in [-0.25, -0.2) is 4.98 Å². The van der Waals surface area contributed by atoms with Gasteiger partial charge in [-0.1, -0.05) is 12.1 Å². The van der Waals surface area contributed by atoms with Gasteiger partial charge in [0.1, 0.15) is 5.82 Å². The molecule has 0 bridgehead atoms. The Morgan fingerprint density at radius 2 is 2.24 bits per heavy atom. The Labute approximate surface area is 126 Å². The minimum absolute atomic E-state index is 0.335. The van der Waals surface area contributed by atoms with Crippen LogP contribution in [0.3, 0.4) is 0 Å². The second-order valence-electron chi connectivity index (χ2n) is 5.89. The molecule has 3 unspecified atom stereocenters. The molecule has 1 saturated heterocycles. The molecule has 21 heavy (non-hydrogen) atoms. The van der Waals surface area contributed by atoms with Gasteiger partial charge in [-0.3, -0.25) is 0 Å². The lowest BCUT2D eigenvalue weighted by molar-refractivity contribution is 0.0960. The maximum absolute atomic E-state index is 5.73. The number of fused-ring (bicyclic) bond motifs is 1. The van der Waals surface area contributed by atoms with E-state index in [0.29, 0.717) is 18.1 Å². The van der Waals surface area contributed by atoms with Crippen molar-refractivity contribution in [2.75, 3.05) is 13.7 Å². The molecule has 1 aliphatic heterocycles. The van der Waals surface area contributed by atoms with Crippen molar-refractivity contribution in [3.63, 3.8) is 0 Å². The third kappa shape index (κ3) is 2.70. The predicted octanol–water partition coefficient (Wildman–Crippen LogP) is 2.61. The minimum atomic E-state index is 0.335. The van der Waals surface area contributed by atoms with Crippen LogP contribution in [0.15, 0.2) is 24.3 Å². The van der Waals surface area contributed by atoms with Crippen LogP contribution in [0, 0.1) is 5.92 Å². The van der Waals surface area contributed by atoms with Crippen LogP contribution in [-0.2, 0) is 17.7 Å². The number of imidazole rings is 1. The van der Waals surface area contributed by atoms with E-state index >= 15 is 0 Å².